The molecule has 0 saturated carbocycles. The molecule has 0 radical (unpaired) electrons. The van der Waals surface area contributed by atoms with E-state index in [0.717, 1.165) is 19.4 Å². The molecule has 1 aliphatic heterocycles. The highest BCUT2D eigenvalue weighted by molar-refractivity contribution is 7.07. The van der Waals surface area contributed by atoms with Gasteiger partial charge in [0.15, 0.2) is 0 Å². The smallest absolute Gasteiger partial charge is 0.294 e. The van der Waals surface area contributed by atoms with Crippen molar-refractivity contribution in [1.82, 2.24) is 20.1 Å². The lowest BCUT2D eigenvalue weighted by Gasteiger charge is -2.22. The molecular weight excluding hydrogens is 248 g/mol. The molecule has 0 spiro atoms. The normalized spacial score (nSPS) is 19.4. The number of thiophene rings is 1. The Labute approximate surface area is 109 Å². The third-order valence-electron chi connectivity index (χ3n) is 3.23. The number of rotatable bonds is 2. The minimum Gasteiger partial charge on any atom is -0.329 e. The molecule has 1 N–H and O–H groups in total. The van der Waals surface area contributed by atoms with Crippen LogP contribution in [0.2, 0.25) is 0 Å². The molecule has 1 aliphatic rings. The Morgan fingerprint density at radius 2 is 2.50 bits per heavy atom. The van der Waals surface area contributed by atoms with E-state index in [9.17, 15) is 4.79 Å². The van der Waals surface area contributed by atoms with Crippen LogP contribution in [-0.4, -0.2) is 32.5 Å². The number of likely N-dealkylation sites (tertiary alicyclic amines) is 1. The van der Waals surface area contributed by atoms with Crippen molar-refractivity contribution in [2.75, 3.05) is 6.54 Å². The van der Waals surface area contributed by atoms with Gasteiger partial charge in [0.2, 0.25) is 5.82 Å². The number of aryl methyl sites for hydroxylation is 1. The summed E-state index contributed by atoms with van der Waals surface area (Å²) in [5.41, 5.74) is 1.22. The molecule has 5 nitrogen and oxygen atoms in total. The van der Waals surface area contributed by atoms with Crippen LogP contribution in [0.5, 0.6) is 0 Å². The lowest BCUT2D eigenvalue weighted by Crippen LogP contribution is -2.31. The Bertz CT molecular complexity index is 548. The molecule has 0 aliphatic carbocycles. The fraction of sp³-hybridized carbons (Fsp3) is 0.417. The molecule has 2 aromatic rings. The Kier molecular flexibility index (Phi) is 2.87. The van der Waals surface area contributed by atoms with Crippen LogP contribution in [0.1, 0.15) is 40.9 Å². The number of hydrogen-bond donors (Lipinski definition) is 1. The highest BCUT2D eigenvalue weighted by atomic mass is 32.1. The predicted molar refractivity (Wildman–Crippen MR) is 68.5 cm³/mol. The third kappa shape index (κ3) is 1.92. The van der Waals surface area contributed by atoms with Gasteiger partial charge in [-0.2, -0.15) is 11.3 Å². The molecule has 0 aromatic carbocycles. The highest BCUT2D eigenvalue weighted by Gasteiger charge is 2.32. The van der Waals surface area contributed by atoms with Crippen molar-refractivity contribution in [2.24, 2.45) is 0 Å². The van der Waals surface area contributed by atoms with E-state index in [1.807, 2.05) is 10.3 Å². The second-order valence-corrected chi connectivity index (χ2v) is 5.24. The van der Waals surface area contributed by atoms with Gasteiger partial charge in [0, 0.05) is 6.54 Å². The second-order valence-electron chi connectivity index (χ2n) is 4.46. The Morgan fingerprint density at radius 1 is 1.61 bits per heavy atom. The Hall–Kier alpha value is -1.69. The molecule has 3 rings (SSSR count). The molecule has 18 heavy (non-hydrogen) atoms. The minimum absolute atomic E-state index is 0.0759. The first-order valence-corrected chi connectivity index (χ1v) is 6.92. The zero-order valence-electron chi connectivity index (χ0n) is 10.1. The fourth-order valence-electron chi connectivity index (χ4n) is 2.39. The Morgan fingerprint density at radius 3 is 3.17 bits per heavy atom. The first-order valence-electron chi connectivity index (χ1n) is 5.98. The van der Waals surface area contributed by atoms with Crippen molar-refractivity contribution in [2.45, 2.75) is 25.8 Å². The van der Waals surface area contributed by atoms with Crippen LogP contribution < -0.4 is 0 Å². The van der Waals surface area contributed by atoms with Crippen molar-refractivity contribution in [3.05, 3.63) is 34.0 Å². The van der Waals surface area contributed by atoms with Crippen LogP contribution in [0, 0.1) is 6.92 Å². The van der Waals surface area contributed by atoms with Crippen molar-refractivity contribution >= 4 is 17.2 Å². The number of carbonyl (C=O) groups excluding carboxylic acids is 1. The first kappa shape index (κ1) is 11.4. The van der Waals surface area contributed by atoms with E-state index in [-0.39, 0.29) is 17.8 Å². The van der Waals surface area contributed by atoms with Gasteiger partial charge >= 0.3 is 0 Å². The summed E-state index contributed by atoms with van der Waals surface area (Å²) in [6.45, 7) is 2.58. The minimum atomic E-state index is -0.0759. The number of nitrogens with one attached hydrogen (secondary N) is 1. The number of H-pyrrole nitrogens is 1. The van der Waals surface area contributed by atoms with Crippen LogP contribution in [0.25, 0.3) is 0 Å². The summed E-state index contributed by atoms with van der Waals surface area (Å²) in [6, 6.07) is 2.27. The third-order valence-corrected chi connectivity index (χ3v) is 3.93. The molecular formula is C12H14N4OS. The Balaban J connectivity index is 1.85. The average Bonchev–Trinajstić information content (AvgIpc) is 3.08. The zero-order chi connectivity index (χ0) is 12.5. The van der Waals surface area contributed by atoms with Gasteiger partial charge in [-0.05, 0) is 42.2 Å². The second kappa shape index (κ2) is 4.53. The molecule has 3 heterocycles. The van der Waals surface area contributed by atoms with Gasteiger partial charge in [-0.25, -0.2) is 4.98 Å². The van der Waals surface area contributed by atoms with Gasteiger partial charge in [0.25, 0.3) is 5.91 Å². The molecule has 1 amide bonds. The first-order chi connectivity index (χ1) is 8.75. The van der Waals surface area contributed by atoms with Crippen LogP contribution in [0.3, 0.4) is 0 Å². The maximum absolute atomic E-state index is 12.4. The lowest BCUT2D eigenvalue weighted by molar-refractivity contribution is 0.0724. The van der Waals surface area contributed by atoms with Crippen LogP contribution in [-0.2, 0) is 0 Å². The number of aromatic nitrogens is 3. The number of carbonyl (C=O) groups is 1. The quantitative estimate of drug-likeness (QED) is 0.902. The van der Waals surface area contributed by atoms with Crippen LogP contribution in [0.4, 0.5) is 0 Å². The van der Waals surface area contributed by atoms with Gasteiger partial charge in [0.1, 0.15) is 5.82 Å². The summed E-state index contributed by atoms with van der Waals surface area (Å²) in [5.74, 6) is 0.868. The van der Waals surface area contributed by atoms with Gasteiger partial charge in [-0.1, -0.05) is 0 Å². The van der Waals surface area contributed by atoms with Gasteiger partial charge in [-0.3, -0.25) is 9.89 Å². The topological polar surface area (TPSA) is 61.9 Å². The standard InChI is InChI=1S/C12H14N4OS/c1-8-13-11(15-14-8)12(17)16-5-2-3-10(16)9-4-6-18-7-9/h4,6-7,10H,2-3,5H2,1H3,(H,13,14,15). The van der Waals surface area contributed by atoms with Gasteiger partial charge < -0.3 is 4.90 Å². The lowest BCUT2D eigenvalue weighted by atomic mass is 10.1. The molecule has 1 saturated heterocycles. The van der Waals surface area contributed by atoms with E-state index < -0.39 is 0 Å². The summed E-state index contributed by atoms with van der Waals surface area (Å²) in [4.78, 5) is 18.3. The monoisotopic (exact) mass is 262 g/mol. The van der Waals surface area contributed by atoms with Crippen molar-refractivity contribution in [1.29, 1.82) is 0 Å². The SMILES string of the molecule is Cc1nc(C(=O)N2CCCC2c2ccsc2)n[nH]1. The zero-order valence-corrected chi connectivity index (χ0v) is 10.9. The average molecular weight is 262 g/mol. The summed E-state index contributed by atoms with van der Waals surface area (Å²) in [6.07, 6.45) is 2.06. The molecule has 0 bridgehead atoms. The number of amides is 1. The summed E-state index contributed by atoms with van der Waals surface area (Å²) < 4.78 is 0. The van der Waals surface area contributed by atoms with Gasteiger partial charge in [-0.15, -0.1) is 5.10 Å². The molecule has 94 valence electrons. The van der Waals surface area contributed by atoms with Crippen molar-refractivity contribution in [3.63, 3.8) is 0 Å². The molecule has 1 fully saturated rings. The van der Waals surface area contributed by atoms with E-state index >= 15 is 0 Å². The maximum Gasteiger partial charge on any atom is 0.294 e. The van der Waals surface area contributed by atoms with E-state index in [0.29, 0.717) is 5.82 Å². The summed E-state index contributed by atoms with van der Waals surface area (Å²) >= 11 is 1.66. The highest BCUT2D eigenvalue weighted by Crippen LogP contribution is 2.33. The van der Waals surface area contributed by atoms with Crippen molar-refractivity contribution < 1.29 is 4.79 Å². The molecule has 2 aromatic heterocycles. The van der Waals surface area contributed by atoms with Gasteiger partial charge in [0.05, 0.1) is 6.04 Å². The maximum atomic E-state index is 12.4. The molecule has 1 unspecified atom stereocenters. The van der Waals surface area contributed by atoms with Crippen LogP contribution in [0.15, 0.2) is 16.8 Å². The number of nitrogens with zero attached hydrogens (tertiary/aromatic N) is 3. The van der Waals surface area contributed by atoms with E-state index in [1.54, 1.807) is 18.3 Å². The van der Waals surface area contributed by atoms with E-state index in [1.165, 1.54) is 5.56 Å². The van der Waals surface area contributed by atoms with E-state index in [2.05, 4.69) is 26.6 Å². The number of aromatic amines is 1. The predicted octanol–water partition coefficient (Wildman–Crippen LogP) is 2.15. The van der Waals surface area contributed by atoms with E-state index in [4.69, 9.17) is 0 Å². The molecule has 6 heteroatoms. The summed E-state index contributed by atoms with van der Waals surface area (Å²) in [7, 11) is 0. The molecule has 1 atom stereocenters. The largest absolute Gasteiger partial charge is 0.329 e. The van der Waals surface area contributed by atoms with Crippen molar-refractivity contribution in [3.8, 4) is 0 Å². The fourth-order valence-corrected chi connectivity index (χ4v) is 3.09. The summed E-state index contributed by atoms with van der Waals surface area (Å²) in [5, 5.41) is 10.8. The number of hydrogen-bond acceptors (Lipinski definition) is 4. The van der Waals surface area contributed by atoms with Crippen LogP contribution >= 0.6 is 11.3 Å².